The Morgan fingerprint density at radius 1 is 0.364 bits per heavy atom. The minimum absolute atomic E-state index is 0.540. The van der Waals surface area contributed by atoms with Gasteiger partial charge in [-0.3, -0.25) is 0 Å². The van der Waals surface area contributed by atoms with E-state index >= 15 is 0 Å². The Balaban J connectivity index is 0.895. The van der Waals surface area contributed by atoms with E-state index in [0.717, 1.165) is 66.8 Å². The number of nitrogens with zero attached hydrogens (tertiary/aromatic N) is 2. The summed E-state index contributed by atoms with van der Waals surface area (Å²) in [6.07, 6.45) is 0. The lowest BCUT2D eigenvalue weighted by Gasteiger charge is -2.35. The largest absolute Gasteiger partial charge is 0.455 e. The number of fused-ring (bicyclic) bond motifs is 13. The molecule has 3 aromatic heterocycles. The summed E-state index contributed by atoms with van der Waals surface area (Å²) in [6.45, 7) is 0. The van der Waals surface area contributed by atoms with E-state index in [-0.39, 0.29) is 0 Å². The molecule has 12 aromatic carbocycles. The highest BCUT2D eigenvalue weighted by molar-refractivity contribution is 7.25. The van der Waals surface area contributed by atoms with Gasteiger partial charge in [-0.05, 0) is 129 Å². The minimum atomic E-state index is -0.540. The molecule has 0 spiro atoms. The zero-order valence-electron chi connectivity index (χ0n) is 41.8. The zero-order valence-corrected chi connectivity index (χ0v) is 42.6. The van der Waals surface area contributed by atoms with Crippen LogP contribution in [0.5, 0.6) is 0 Å². The number of rotatable bonds is 8. The summed E-state index contributed by atoms with van der Waals surface area (Å²) < 4.78 is 12.1. The lowest BCUT2D eigenvalue weighted by Crippen LogP contribution is -2.28. The van der Waals surface area contributed by atoms with Crippen molar-refractivity contribution in [3.05, 3.63) is 301 Å². The Morgan fingerprint density at radius 3 is 1.69 bits per heavy atom. The van der Waals surface area contributed by atoms with Crippen molar-refractivity contribution in [1.29, 1.82) is 0 Å². The molecule has 360 valence electrons. The van der Waals surface area contributed by atoms with Crippen molar-refractivity contribution in [3.63, 3.8) is 0 Å². The fraction of sp³-hybridized carbons (Fsp3) is 0.0137. The van der Waals surface area contributed by atoms with Crippen LogP contribution in [-0.2, 0) is 5.41 Å². The number of hydrogen-bond acceptors (Lipinski definition) is 3. The van der Waals surface area contributed by atoms with Gasteiger partial charge in [0.2, 0.25) is 0 Å². The maximum Gasteiger partial charge on any atom is 0.145 e. The summed E-state index contributed by atoms with van der Waals surface area (Å²) in [7, 11) is 0. The van der Waals surface area contributed by atoms with Gasteiger partial charge in [0.15, 0.2) is 0 Å². The molecule has 0 saturated heterocycles. The molecular weight excluding hydrogens is 953 g/mol. The number of hydrogen-bond donors (Lipinski definition) is 0. The molecule has 3 heterocycles. The Kier molecular flexibility index (Phi) is 9.72. The van der Waals surface area contributed by atoms with E-state index in [0.29, 0.717) is 0 Å². The molecule has 16 rings (SSSR count). The number of para-hydroxylation sites is 2. The molecular formula is C73H46N2OS. The van der Waals surface area contributed by atoms with Crippen molar-refractivity contribution in [2.45, 2.75) is 5.41 Å². The van der Waals surface area contributed by atoms with E-state index in [1.807, 2.05) is 11.3 Å². The van der Waals surface area contributed by atoms with Gasteiger partial charge in [0, 0.05) is 64.6 Å². The van der Waals surface area contributed by atoms with Gasteiger partial charge in [-0.2, -0.15) is 0 Å². The van der Waals surface area contributed by atoms with Crippen LogP contribution < -0.4 is 4.90 Å². The van der Waals surface area contributed by atoms with Crippen LogP contribution in [0.25, 0.3) is 103 Å². The highest BCUT2D eigenvalue weighted by Crippen LogP contribution is 2.57. The van der Waals surface area contributed by atoms with Crippen LogP contribution in [0, 0.1) is 0 Å². The van der Waals surface area contributed by atoms with Gasteiger partial charge < -0.3 is 13.9 Å². The maximum atomic E-state index is 7.05. The summed E-state index contributed by atoms with van der Waals surface area (Å²) in [6, 6.07) is 102. The third-order valence-electron chi connectivity index (χ3n) is 16.3. The minimum Gasteiger partial charge on any atom is -0.455 e. The van der Waals surface area contributed by atoms with Crippen molar-refractivity contribution in [3.8, 4) is 39.1 Å². The smallest absolute Gasteiger partial charge is 0.145 e. The first-order valence-corrected chi connectivity index (χ1v) is 27.2. The normalized spacial score (nSPS) is 12.8. The van der Waals surface area contributed by atoms with Crippen LogP contribution >= 0.6 is 11.3 Å². The topological polar surface area (TPSA) is 21.3 Å². The number of furan rings is 1. The molecule has 0 amide bonds. The highest BCUT2D eigenvalue weighted by Gasteiger charge is 2.46. The Bertz CT molecular complexity index is 4740. The molecule has 0 unspecified atom stereocenters. The first-order valence-electron chi connectivity index (χ1n) is 26.4. The Morgan fingerprint density at radius 2 is 0.935 bits per heavy atom. The van der Waals surface area contributed by atoms with E-state index < -0.39 is 5.41 Å². The monoisotopic (exact) mass is 998 g/mol. The third-order valence-corrected chi connectivity index (χ3v) is 17.4. The maximum absolute atomic E-state index is 7.05. The van der Waals surface area contributed by atoms with E-state index in [1.165, 1.54) is 75.5 Å². The summed E-state index contributed by atoms with van der Waals surface area (Å²) in [5.74, 6) is 0. The number of thiophene rings is 1. The quantitative estimate of drug-likeness (QED) is 0.151. The summed E-state index contributed by atoms with van der Waals surface area (Å²) >= 11 is 1.85. The molecule has 1 aliphatic rings. The van der Waals surface area contributed by atoms with Gasteiger partial charge in [-0.15, -0.1) is 11.3 Å². The van der Waals surface area contributed by atoms with Crippen molar-refractivity contribution in [1.82, 2.24) is 4.57 Å². The van der Waals surface area contributed by atoms with Crippen molar-refractivity contribution in [2.24, 2.45) is 0 Å². The molecule has 0 aliphatic heterocycles. The molecule has 0 atom stereocenters. The van der Waals surface area contributed by atoms with Gasteiger partial charge in [0.1, 0.15) is 11.2 Å². The van der Waals surface area contributed by atoms with E-state index in [2.05, 4.69) is 289 Å². The molecule has 77 heavy (non-hydrogen) atoms. The van der Waals surface area contributed by atoms with E-state index in [9.17, 15) is 0 Å². The van der Waals surface area contributed by atoms with Gasteiger partial charge >= 0.3 is 0 Å². The van der Waals surface area contributed by atoms with Crippen molar-refractivity contribution < 1.29 is 4.42 Å². The predicted molar refractivity (Wildman–Crippen MR) is 324 cm³/mol. The number of aromatic nitrogens is 1. The van der Waals surface area contributed by atoms with E-state index in [4.69, 9.17) is 4.42 Å². The molecule has 4 heteroatoms. The van der Waals surface area contributed by atoms with Crippen LogP contribution in [0.4, 0.5) is 17.1 Å². The van der Waals surface area contributed by atoms with E-state index in [1.54, 1.807) is 0 Å². The summed E-state index contributed by atoms with van der Waals surface area (Å²) in [5.41, 5.74) is 19.9. The molecule has 0 fully saturated rings. The van der Waals surface area contributed by atoms with Crippen LogP contribution in [0.1, 0.15) is 22.3 Å². The van der Waals surface area contributed by atoms with Crippen LogP contribution in [0.3, 0.4) is 0 Å². The van der Waals surface area contributed by atoms with Crippen LogP contribution in [-0.4, -0.2) is 4.57 Å². The molecule has 0 radical (unpaired) electrons. The molecule has 0 bridgehead atoms. The summed E-state index contributed by atoms with van der Waals surface area (Å²) in [5, 5.41) is 7.17. The van der Waals surface area contributed by atoms with Gasteiger partial charge in [-0.1, -0.05) is 200 Å². The summed E-state index contributed by atoms with van der Waals surface area (Å²) in [4.78, 5) is 2.42. The van der Waals surface area contributed by atoms with Gasteiger partial charge in [-0.25, -0.2) is 0 Å². The Hall–Kier alpha value is -9.74. The zero-order chi connectivity index (χ0) is 50.6. The van der Waals surface area contributed by atoms with Crippen LogP contribution in [0.15, 0.2) is 283 Å². The lowest BCUT2D eigenvalue weighted by atomic mass is 9.67. The molecule has 1 aliphatic carbocycles. The van der Waals surface area contributed by atoms with Gasteiger partial charge in [0.25, 0.3) is 0 Å². The Labute approximate surface area is 449 Å². The van der Waals surface area contributed by atoms with Crippen LogP contribution in [0.2, 0.25) is 0 Å². The average Bonchev–Trinajstić information content (AvgIpc) is 4.46. The highest BCUT2D eigenvalue weighted by atomic mass is 32.1. The predicted octanol–water partition coefficient (Wildman–Crippen LogP) is 20.2. The number of benzene rings is 12. The fourth-order valence-corrected chi connectivity index (χ4v) is 14.0. The first-order chi connectivity index (χ1) is 38.2. The molecule has 15 aromatic rings. The molecule has 3 nitrogen and oxygen atoms in total. The fourth-order valence-electron chi connectivity index (χ4n) is 12.9. The van der Waals surface area contributed by atoms with Crippen molar-refractivity contribution in [2.75, 3.05) is 4.90 Å². The van der Waals surface area contributed by atoms with Gasteiger partial charge in [0.05, 0.1) is 21.8 Å². The first kappa shape index (κ1) is 43.6. The van der Waals surface area contributed by atoms with Crippen molar-refractivity contribution >= 4 is 92.3 Å². The molecule has 0 N–H and O–H groups in total. The lowest BCUT2D eigenvalue weighted by molar-refractivity contribution is 0.670. The second-order valence-corrected chi connectivity index (χ2v) is 21.4. The molecule has 0 saturated carbocycles. The third kappa shape index (κ3) is 6.56. The SMILES string of the molecule is c1ccc(-c2ccc(N(c3ccc(-c4cc5c6ccccc6n(-c6ccc7sc8ccccc8c7c6)c5c5c4oc4ccccc45)cc3)c3ccc4c(c3)C(c3ccccc3)(c3ccccc3)c3ccccc3-4)cc2)cc1. The average molecular weight is 999 g/mol. The second-order valence-electron chi connectivity index (χ2n) is 20.3. The number of anilines is 3. The second kappa shape index (κ2) is 17.2. The standard InChI is InChI=1S/C73H46N2OS/c1-4-18-47(19-5-1)48-32-36-52(37-33-48)74(55-40-42-57-56-24-10-14-28-64(56)73(65(57)45-55,50-20-6-2-7-21-50)51-22-8-3-9-23-51)53-38-34-49(35-39-53)61-46-63-58-25-11-15-29-66(58)75(71(63)70-60-27-12-16-30-67(60)76-72(61)70)54-41-43-69-62(44-54)59-26-13-17-31-68(59)77-69/h1-46H.